The summed E-state index contributed by atoms with van der Waals surface area (Å²) in [7, 11) is 0. The van der Waals surface area contributed by atoms with Gasteiger partial charge in [0.05, 0.1) is 30.0 Å². The minimum absolute atomic E-state index is 0.125. The molecule has 0 radical (unpaired) electrons. The summed E-state index contributed by atoms with van der Waals surface area (Å²) in [5.74, 6) is 0.313. The van der Waals surface area contributed by atoms with Gasteiger partial charge in [0.2, 0.25) is 0 Å². The largest absolute Gasteiger partial charge is 0.389 e. The molecule has 20 heavy (non-hydrogen) atoms. The Morgan fingerprint density at radius 1 is 1.15 bits per heavy atom. The molecular formula is C16H28O4. The Hall–Kier alpha value is -0.160. The number of hydrogen-bond donors (Lipinski definition) is 1. The van der Waals surface area contributed by atoms with Gasteiger partial charge in [-0.05, 0) is 38.5 Å². The molecule has 4 atom stereocenters. The van der Waals surface area contributed by atoms with Gasteiger partial charge in [0.1, 0.15) is 0 Å². The van der Waals surface area contributed by atoms with Crippen LogP contribution in [0.25, 0.3) is 0 Å². The van der Waals surface area contributed by atoms with Crippen molar-refractivity contribution >= 4 is 0 Å². The van der Waals surface area contributed by atoms with E-state index in [2.05, 4.69) is 13.8 Å². The second-order valence-electron chi connectivity index (χ2n) is 7.21. The highest BCUT2D eigenvalue weighted by atomic mass is 16.6. The van der Waals surface area contributed by atoms with Crippen LogP contribution >= 0.6 is 0 Å². The molecule has 3 fully saturated rings. The van der Waals surface area contributed by atoms with E-state index in [1.807, 2.05) is 0 Å². The molecule has 0 saturated carbocycles. The monoisotopic (exact) mass is 284 g/mol. The molecule has 4 nitrogen and oxygen atoms in total. The standard InChI is InChI=1S/C16H28O4/c1-3-14(2)11-16(17,6-9-19-14)13-4-7-20-15(10-13)5-8-18-12-15/h13,17H,3-12H2,1-2H3. The van der Waals surface area contributed by atoms with Gasteiger partial charge in [0.25, 0.3) is 0 Å². The quantitative estimate of drug-likeness (QED) is 0.845. The molecule has 3 rings (SSSR count). The summed E-state index contributed by atoms with van der Waals surface area (Å²) >= 11 is 0. The Morgan fingerprint density at radius 3 is 2.70 bits per heavy atom. The van der Waals surface area contributed by atoms with E-state index in [4.69, 9.17) is 14.2 Å². The minimum Gasteiger partial charge on any atom is -0.389 e. The molecule has 4 heteroatoms. The predicted molar refractivity (Wildman–Crippen MR) is 75.7 cm³/mol. The molecule has 0 amide bonds. The Morgan fingerprint density at radius 2 is 2.00 bits per heavy atom. The van der Waals surface area contributed by atoms with Crippen LogP contribution in [0.3, 0.4) is 0 Å². The summed E-state index contributed by atoms with van der Waals surface area (Å²) < 4.78 is 17.4. The molecule has 4 unspecified atom stereocenters. The summed E-state index contributed by atoms with van der Waals surface area (Å²) in [6, 6.07) is 0. The predicted octanol–water partition coefficient (Wildman–Crippen LogP) is 2.28. The molecule has 0 aromatic carbocycles. The molecule has 0 bridgehead atoms. The average Bonchev–Trinajstić information content (AvgIpc) is 2.87. The molecule has 3 aliphatic heterocycles. The van der Waals surface area contributed by atoms with Crippen molar-refractivity contribution in [3.05, 3.63) is 0 Å². The lowest BCUT2D eigenvalue weighted by atomic mass is 9.68. The van der Waals surface area contributed by atoms with Gasteiger partial charge in [-0.15, -0.1) is 0 Å². The zero-order chi connectivity index (χ0) is 14.3. The second kappa shape index (κ2) is 5.24. The van der Waals surface area contributed by atoms with Crippen molar-refractivity contribution in [1.29, 1.82) is 0 Å². The smallest absolute Gasteiger partial charge is 0.0940 e. The van der Waals surface area contributed by atoms with E-state index in [0.717, 1.165) is 51.7 Å². The minimum atomic E-state index is -0.595. The van der Waals surface area contributed by atoms with E-state index in [0.29, 0.717) is 19.1 Å². The first kappa shape index (κ1) is 14.8. The third-order valence-electron chi connectivity index (χ3n) is 5.73. The van der Waals surface area contributed by atoms with Crippen molar-refractivity contribution in [3.8, 4) is 0 Å². The molecule has 116 valence electrons. The molecule has 3 heterocycles. The van der Waals surface area contributed by atoms with Gasteiger partial charge in [-0.2, -0.15) is 0 Å². The normalized spacial score (nSPS) is 49.6. The van der Waals surface area contributed by atoms with Crippen LogP contribution in [0.15, 0.2) is 0 Å². The maximum absolute atomic E-state index is 11.2. The fourth-order valence-electron chi connectivity index (χ4n) is 4.19. The van der Waals surface area contributed by atoms with E-state index < -0.39 is 5.60 Å². The van der Waals surface area contributed by atoms with E-state index >= 15 is 0 Å². The van der Waals surface area contributed by atoms with Gasteiger partial charge in [-0.25, -0.2) is 0 Å². The summed E-state index contributed by atoms with van der Waals surface area (Å²) in [6.45, 7) is 7.18. The fraction of sp³-hybridized carbons (Fsp3) is 1.00. The van der Waals surface area contributed by atoms with Crippen molar-refractivity contribution in [3.63, 3.8) is 0 Å². The summed E-state index contributed by atoms with van der Waals surface area (Å²) in [5, 5.41) is 11.2. The van der Waals surface area contributed by atoms with Crippen molar-refractivity contribution < 1.29 is 19.3 Å². The zero-order valence-electron chi connectivity index (χ0n) is 12.8. The van der Waals surface area contributed by atoms with Crippen LogP contribution in [0.4, 0.5) is 0 Å². The van der Waals surface area contributed by atoms with Crippen LogP contribution in [0.1, 0.15) is 52.4 Å². The Labute approximate surface area is 121 Å². The topological polar surface area (TPSA) is 47.9 Å². The van der Waals surface area contributed by atoms with Crippen molar-refractivity contribution in [2.75, 3.05) is 26.4 Å². The first-order valence-corrected chi connectivity index (χ1v) is 8.07. The lowest BCUT2D eigenvalue weighted by Gasteiger charge is -2.50. The summed E-state index contributed by atoms with van der Waals surface area (Å²) in [4.78, 5) is 0. The molecule has 1 spiro atoms. The van der Waals surface area contributed by atoms with Crippen LogP contribution in [-0.2, 0) is 14.2 Å². The summed E-state index contributed by atoms with van der Waals surface area (Å²) in [5.41, 5.74) is -0.896. The maximum Gasteiger partial charge on any atom is 0.0940 e. The molecule has 0 aromatic heterocycles. The first-order valence-electron chi connectivity index (χ1n) is 8.07. The van der Waals surface area contributed by atoms with Crippen LogP contribution in [0, 0.1) is 5.92 Å². The Bertz CT molecular complexity index is 352. The Balaban J connectivity index is 1.73. The van der Waals surface area contributed by atoms with E-state index in [1.54, 1.807) is 0 Å². The lowest BCUT2D eigenvalue weighted by molar-refractivity contribution is -0.202. The highest BCUT2D eigenvalue weighted by molar-refractivity contribution is 5.01. The molecular weight excluding hydrogens is 256 g/mol. The van der Waals surface area contributed by atoms with Gasteiger partial charge >= 0.3 is 0 Å². The fourth-order valence-corrected chi connectivity index (χ4v) is 4.19. The van der Waals surface area contributed by atoms with Gasteiger partial charge in [-0.3, -0.25) is 0 Å². The first-order chi connectivity index (χ1) is 9.49. The van der Waals surface area contributed by atoms with Crippen LogP contribution < -0.4 is 0 Å². The number of hydrogen-bond acceptors (Lipinski definition) is 4. The average molecular weight is 284 g/mol. The van der Waals surface area contributed by atoms with Gasteiger partial charge in [-0.1, -0.05) is 6.92 Å². The van der Waals surface area contributed by atoms with Gasteiger partial charge < -0.3 is 19.3 Å². The number of aliphatic hydroxyl groups is 1. The molecule has 1 N–H and O–H groups in total. The van der Waals surface area contributed by atoms with E-state index in [-0.39, 0.29) is 11.2 Å². The van der Waals surface area contributed by atoms with Crippen molar-refractivity contribution in [2.45, 2.75) is 69.2 Å². The Kier molecular flexibility index (Phi) is 3.87. The van der Waals surface area contributed by atoms with Crippen LogP contribution in [0.2, 0.25) is 0 Å². The van der Waals surface area contributed by atoms with E-state index in [1.165, 1.54) is 0 Å². The molecule has 0 aliphatic carbocycles. The van der Waals surface area contributed by atoms with Crippen molar-refractivity contribution in [2.24, 2.45) is 5.92 Å². The molecule has 0 aromatic rings. The van der Waals surface area contributed by atoms with Gasteiger partial charge in [0, 0.05) is 26.1 Å². The summed E-state index contributed by atoms with van der Waals surface area (Å²) in [6.07, 6.45) is 5.32. The third-order valence-corrected chi connectivity index (χ3v) is 5.73. The van der Waals surface area contributed by atoms with Crippen LogP contribution in [-0.4, -0.2) is 48.3 Å². The SMILES string of the molecule is CCC1(C)CC(O)(C2CCOC3(CCOC3)C2)CCO1. The number of ether oxygens (including phenoxy) is 3. The number of rotatable bonds is 2. The molecule has 3 saturated heterocycles. The van der Waals surface area contributed by atoms with Crippen molar-refractivity contribution in [1.82, 2.24) is 0 Å². The highest BCUT2D eigenvalue weighted by Crippen LogP contribution is 2.46. The van der Waals surface area contributed by atoms with Crippen LogP contribution in [0.5, 0.6) is 0 Å². The van der Waals surface area contributed by atoms with E-state index in [9.17, 15) is 5.11 Å². The lowest BCUT2D eigenvalue weighted by Crippen LogP contribution is -2.55. The zero-order valence-corrected chi connectivity index (χ0v) is 12.8. The second-order valence-corrected chi connectivity index (χ2v) is 7.21. The molecule has 3 aliphatic rings. The highest BCUT2D eigenvalue weighted by Gasteiger charge is 2.51. The third kappa shape index (κ3) is 2.63. The maximum atomic E-state index is 11.2. The van der Waals surface area contributed by atoms with Gasteiger partial charge in [0.15, 0.2) is 0 Å².